The Hall–Kier alpha value is -1.97. The van der Waals surface area contributed by atoms with Gasteiger partial charge >= 0.3 is 11.9 Å². The van der Waals surface area contributed by atoms with E-state index in [1.807, 2.05) is 21.1 Å². The molecule has 0 aliphatic carbocycles. The number of rotatable bonds is 35. The second kappa shape index (κ2) is 32.2. The summed E-state index contributed by atoms with van der Waals surface area (Å²) < 4.78 is 22.4. The Labute approximate surface area is 294 Å². The number of hydrogen-bond donors (Lipinski definition) is 0. The van der Waals surface area contributed by atoms with Gasteiger partial charge in [-0.3, -0.25) is 9.59 Å². The van der Waals surface area contributed by atoms with Gasteiger partial charge in [-0.2, -0.15) is 0 Å². The number of unbranched alkanes of at least 4 members (excludes halogenated alkanes) is 18. The predicted octanol–water partition coefficient (Wildman–Crippen LogP) is 7.83. The van der Waals surface area contributed by atoms with E-state index in [2.05, 4.69) is 26.0 Å². The van der Waals surface area contributed by atoms with Gasteiger partial charge in [0.25, 0.3) is 0 Å². The Morgan fingerprint density at radius 3 is 1.60 bits per heavy atom. The molecular weight excluding hydrogens is 610 g/mol. The topological polar surface area (TPSA) is 111 Å². The number of esters is 2. The monoisotopic (exact) mass is 684 g/mol. The van der Waals surface area contributed by atoms with Gasteiger partial charge in [-0.25, -0.2) is 0 Å². The van der Waals surface area contributed by atoms with E-state index in [0.717, 1.165) is 57.8 Å². The Morgan fingerprint density at radius 1 is 0.604 bits per heavy atom. The Kier molecular flexibility index (Phi) is 30.9. The molecule has 0 radical (unpaired) electrons. The van der Waals surface area contributed by atoms with Gasteiger partial charge in [0.15, 0.2) is 12.4 Å². The molecule has 0 aromatic heterocycles. The largest absolute Gasteiger partial charge is 0.545 e. The van der Waals surface area contributed by atoms with Crippen LogP contribution in [0, 0.1) is 0 Å². The first-order valence-electron chi connectivity index (χ1n) is 19.3. The summed E-state index contributed by atoms with van der Waals surface area (Å²) in [5, 5.41) is 11.6. The second-order valence-corrected chi connectivity index (χ2v) is 14.2. The van der Waals surface area contributed by atoms with Crippen molar-refractivity contribution in [1.82, 2.24) is 0 Å². The molecule has 0 heterocycles. The molecule has 0 aromatic carbocycles. The number of carbonyl (C=O) groups excluding carboxylic acids is 3. The van der Waals surface area contributed by atoms with E-state index in [1.54, 1.807) is 0 Å². The Balaban J connectivity index is 4.54. The first-order valence-corrected chi connectivity index (χ1v) is 19.3. The number of carboxylic acids is 1. The van der Waals surface area contributed by atoms with Crippen LogP contribution in [0.5, 0.6) is 0 Å². The van der Waals surface area contributed by atoms with Crippen molar-refractivity contribution in [2.45, 2.75) is 174 Å². The van der Waals surface area contributed by atoms with Crippen molar-refractivity contribution >= 4 is 17.9 Å². The summed E-state index contributed by atoms with van der Waals surface area (Å²) in [6, 6.07) is 0. The summed E-state index contributed by atoms with van der Waals surface area (Å²) in [4.78, 5) is 36.7. The number of ether oxygens (including phenoxy) is 4. The lowest BCUT2D eigenvalue weighted by Gasteiger charge is -2.26. The van der Waals surface area contributed by atoms with Gasteiger partial charge in [0.2, 0.25) is 0 Å². The van der Waals surface area contributed by atoms with Crippen molar-refractivity contribution in [3.8, 4) is 0 Å². The van der Waals surface area contributed by atoms with Crippen LogP contribution >= 0.6 is 0 Å². The molecule has 0 spiro atoms. The molecule has 0 bridgehead atoms. The van der Waals surface area contributed by atoms with Crippen molar-refractivity contribution in [3.63, 3.8) is 0 Å². The first-order chi connectivity index (χ1) is 23.1. The minimum Gasteiger partial charge on any atom is -0.545 e. The quantitative estimate of drug-likeness (QED) is 0.0219. The van der Waals surface area contributed by atoms with Gasteiger partial charge in [0, 0.05) is 12.8 Å². The van der Waals surface area contributed by atoms with Gasteiger partial charge in [0.1, 0.15) is 13.2 Å². The van der Waals surface area contributed by atoms with Crippen LogP contribution in [0.3, 0.4) is 0 Å². The average Bonchev–Trinajstić information content (AvgIpc) is 3.03. The third kappa shape index (κ3) is 32.6. The van der Waals surface area contributed by atoms with Crippen molar-refractivity contribution in [1.29, 1.82) is 0 Å². The third-order valence-electron chi connectivity index (χ3n) is 8.26. The van der Waals surface area contributed by atoms with E-state index in [4.69, 9.17) is 18.9 Å². The highest BCUT2D eigenvalue weighted by Gasteiger charge is 2.21. The second-order valence-electron chi connectivity index (χ2n) is 14.2. The van der Waals surface area contributed by atoms with E-state index >= 15 is 0 Å². The Morgan fingerprint density at radius 2 is 1.08 bits per heavy atom. The van der Waals surface area contributed by atoms with Crippen LogP contribution in [-0.2, 0) is 33.3 Å². The number of allylic oxidation sites excluding steroid dienone is 2. The summed E-state index contributed by atoms with van der Waals surface area (Å²) in [7, 11) is 5.89. The highest BCUT2D eigenvalue weighted by molar-refractivity contribution is 5.70. The van der Waals surface area contributed by atoms with Crippen molar-refractivity contribution < 1.29 is 42.9 Å². The van der Waals surface area contributed by atoms with Crippen LogP contribution in [0.2, 0.25) is 0 Å². The SMILES string of the molecule is CCCC/C=C\CCCCCCCC(=O)OC(COC(=O)CCCCCCCCCCCCCC)COC(OCC[N+](C)(C)C)C(=O)[O-]. The fourth-order valence-electron chi connectivity index (χ4n) is 5.16. The molecule has 0 aliphatic rings. The van der Waals surface area contributed by atoms with Crippen LogP contribution < -0.4 is 5.11 Å². The molecule has 9 heteroatoms. The van der Waals surface area contributed by atoms with Gasteiger partial charge in [-0.05, 0) is 32.1 Å². The van der Waals surface area contributed by atoms with Crippen molar-refractivity contribution in [3.05, 3.63) is 12.2 Å². The number of aliphatic carboxylic acids is 1. The molecule has 282 valence electrons. The van der Waals surface area contributed by atoms with E-state index in [9.17, 15) is 19.5 Å². The lowest BCUT2D eigenvalue weighted by Crippen LogP contribution is -2.44. The molecule has 0 aliphatic heterocycles. The zero-order valence-corrected chi connectivity index (χ0v) is 31.6. The van der Waals surface area contributed by atoms with Crippen molar-refractivity contribution in [2.75, 3.05) is 47.5 Å². The van der Waals surface area contributed by atoms with Crippen LogP contribution in [0.1, 0.15) is 162 Å². The average molecular weight is 684 g/mol. The molecule has 2 unspecified atom stereocenters. The van der Waals surface area contributed by atoms with E-state index < -0.39 is 24.3 Å². The van der Waals surface area contributed by atoms with Crippen LogP contribution in [-0.4, -0.2) is 82.3 Å². The zero-order valence-electron chi connectivity index (χ0n) is 31.6. The highest BCUT2D eigenvalue weighted by Crippen LogP contribution is 2.14. The van der Waals surface area contributed by atoms with Crippen LogP contribution in [0.4, 0.5) is 0 Å². The molecule has 0 rings (SSSR count). The Bertz CT molecular complexity index is 810. The van der Waals surface area contributed by atoms with Crippen molar-refractivity contribution in [2.24, 2.45) is 0 Å². The van der Waals surface area contributed by atoms with Gasteiger partial charge in [0.05, 0.1) is 40.3 Å². The molecule has 9 nitrogen and oxygen atoms in total. The highest BCUT2D eigenvalue weighted by atomic mass is 16.7. The maximum absolute atomic E-state index is 12.6. The molecule has 48 heavy (non-hydrogen) atoms. The molecule has 0 fully saturated rings. The van der Waals surface area contributed by atoms with E-state index in [0.29, 0.717) is 23.9 Å². The lowest BCUT2D eigenvalue weighted by atomic mass is 10.0. The van der Waals surface area contributed by atoms with Crippen LogP contribution in [0.25, 0.3) is 0 Å². The zero-order chi connectivity index (χ0) is 35.7. The predicted molar refractivity (Wildman–Crippen MR) is 191 cm³/mol. The summed E-state index contributed by atoms with van der Waals surface area (Å²) >= 11 is 0. The van der Waals surface area contributed by atoms with Crippen LogP contribution in [0.15, 0.2) is 12.2 Å². The smallest absolute Gasteiger partial charge is 0.306 e. The first kappa shape index (κ1) is 46.0. The van der Waals surface area contributed by atoms with Gasteiger partial charge in [-0.15, -0.1) is 0 Å². The number of nitrogens with zero attached hydrogens (tertiary/aromatic N) is 1. The summed E-state index contributed by atoms with van der Waals surface area (Å²) in [6.07, 6.45) is 26.7. The van der Waals surface area contributed by atoms with Gasteiger partial charge < -0.3 is 33.3 Å². The molecule has 0 saturated heterocycles. The fourth-order valence-corrected chi connectivity index (χ4v) is 5.16. The van der Waals surface area contributed by atoms with Gasteiger partial charge in [-0.1, -0.05) is 129 Å². The van der Waals surface area contributed by atoms with E-state index in [1.165, 1.54) is 70.6 Å². The summed E-state index contributed by atoms with van der Waals surface area (Å²) in [5.41, 5.74) is 0. The van der Waals surface area contributed by atoms with E-state index in [-0.39, 0.29) is 32.2 Å². The lowest BCUT2D eigenvalue weighted by molar-refractivity contribution is -0.870. The molecular formula is C39H73NO8. The molecule has 2 atom stereocenters. The third-order valence-corrected chi connectivity index (χ3v) is 8.26. The normalized spacial score (nSPS) is 13.1. The number of carbonyl (C=O) groups is 3. The number of quaternary nitrogens is 1. The molecule has 0 N–H and O–H groups in total. The fraction of sp³-hybridized carbons (Fsp3) is 0.872. The number of hydrogen-bond acceptors (Lipinski definition) is 8. The molecule has 0 aromatic rings. The standard InChI is InChI=1S/C39H73NO8/c1-6-8-10-12-14-16-18-20-21-23-25-27-29-36(41)46-33-35(34-47-39(38(43)44)45-32-31-40(3,4)5)48-37(42)30-28-26-24-22-19-17-15-13-11-9-7-2/h13,15,35,39H,6-12,14,16-34H2,1-5H3/b15-13-. The maximum Gasteiger partial charge on any atom is 0.306 e. The molecule has 0 amide bonds. The minimum atomic E-state index is -1.61. The number of carboxylic acid groups (broad SMARTS) is 1. The minimum absolute atomic E-state index is 0.149. The summed E-state index contributed by atoms with van der Waals surface area (Å²) in [5.74, 6) is -2.30. The maximum atomic E-state index is 12.6. The summed E-state index contributed by atoms with van der Waals surface area (Å²) in [6.45, 7) is 4.67. The molecule has 0 saturated carbocycles. The number of likely N-dealkylation sites (N-methyl/N-ethyl adjacent to an activating group) is 1.